The number of benzene rings is 2. The van der Waals surface area contributed by atoms with Gasteiger partial charge >= 0.3 is 12.1 Å². The van der Waals surface area contributed by atoms with E-state index in [0.717, 1.165) is 12.1 Å². The molecular weight excluding hydrogens is 503 g/mol. The maximum absolute atomic E-state index is 13.0. The standard InChI is InChI=1S/C20H15Cl4F3O4/c21-15-10-12(29-9-6-17(23)24)11-16(22)18(15)30-7-3-8-31-19(28)13-4-1-2-5-14(13)20(25,26)27/h1-2,4-6,10-11H,3,7-9H2. The van der Waals surface area contributed by atoms with E-state index in [1.807, 2.05) is 0 Å². The van der Waals surface area contributed by atoms with Gasteiger partial charge in [-0.2, -0.15) is 13.2 Å². The van der Waals surface area contributed by atoms with Gasteiger partial charge in [-0.3, -0.25) is 0 Å². The molecule has 168 valence electrons. The molecule has 0 saturated heterocycles. The Labute approximate surface area is 196 Å². The van der Waals surface area contributed by atoms with Gasteiger partial charge in [-0.05, 0) is 18.2 Å². The Morgan fingerprint density at radius 1 is 1.00 bits per heavy atom. The van der Waals surface area contributed by atoms with Crippen LogP contribution in [-0.2, 0) is 10.9 Å². The molecule has 11 heteroatoms. The lowest BCUT2D eigenvalue weighted by Crippen LogP contribution is -2.16. The monoisotopic (exact) mass is 516 g/mol. The van der Waals surface area contributed by atoms with Crippen LogP contribution in [0.5, 0.6) is 11.5 Å². The lowest BCUT2D eigenvalue weighted by Gasteiger charge is -2.13. The summed E-state index contributed by atoms with van der Waals surface area (Å²) in [5, 5.41) is 0.360. The molecule has 4 nitrogen and oxygen atoms in total. The van der Waals surface area contributed by atoms with Crippen molar-refractivity contribution in [3.8, 4) is 11.5 Å². The van der Waals surface area contributed by atoms with E-state index in [-0.39, 0.29) is 46.5 Å². The van der Waals surface area contributed by atoms with Crippen molar-refractivity contribution in [3.63, 3.8) is 0 Å². The van der Waals surface area contributed by atoms with E-state index < -0.39 is 23.3 Å². The van der Waals surface area contributed by atoms with Crippen LogP contribution in [-0.4, -0.2) is 25.8 Å². The first-order valence-corrected chi connectivity index (χ1v) is 10.2. The molecule has 0 aliphatic rings. The van der Waals surface area contributed by atoms with Gasteiger partial charge in [0.05, 0.1) is 34.4 Å². The number of carbonyl (C=O) groups excluding carboxylic acids is 1. The SMILES string of the molecule is O=C(OCCCOc1c(Cl)cc(OCC=C(Cl)Cl)cc1Cl)c1ccccc1C(F)(F)F. The molecule has 0 amide bonds. The van der Waals surface area contributed by atoms with Crippen molar-refractivity contribution < 1.29 is 32.2 Å². The fourth-order valence-electron chi connectivity index (χ4n) is 2.34. The second-order valence-electron chi connectivity index (χ2n) is 5.90. The Hall–Kier alpha value is -1.80. The highest BCUT2D eigenvalue weighted by Gasteiger charge is 2.35. The Bertz CT molecular complexity index is 921. The first-order valence-electron chi connectivity index (χ1n) is 8.68. The predicted molar refractivity (Wildman–Crippen MR) is 114 cm³/mol. The number of halogens is 7. The quantitative estimate of drug-likeness (QED) is 0.258. The molecule has 2 rings (SSSR count). The number of hydrogen-bond acceptors (Lipinski definition) is 4. The summed E-state index contributed by atoms with van der Waals surface area (Å²) in [7, 11) is 0. The van der Waals surface area contributed by atoms with E-state index in [2.05, 4.69) is 0 Å². The maximum Gasteiger partial charge on any atom is 0.417 e. The Kier molecular flexibility index (Phi) is 9.62. The molecule has 0 spiro atoms. The molecule has 0 atom stereocenters. The molecule has 0 fully saturated rings. The van der Waals surface area contributed by atoms with Crippen molar-refractivity contribution in [1.29, 1.82) is 0 Å². The molecule has 0 saturated carbocycles. The van der Waals surface area contributed by atoms with Crippen molar-refractivity contribution in [2.24, 2.45) is 0 Å². The maximum atomic E-state index is 13.0. The third kappa shape index (κ3) is 8.00. The van der Waals surface area contributed by atoms with Gasteiger partial charge < -0.3 is 14.2 Å². The molecule has 0 aromatic heterocycles. The average Bonchev–Trinajstić information content (AvgIpc) is 2.68. The van der Waals surface area contributed by atoms with Crippen LogP contribution in [0.15, 0.2) is 47.0 Å². The van der Waals surface area contributed by atoms with E-state index in [0.29, 0.717) is 5.75 Å². The second kappa shape index (κ2) is 11.7. The van der Waals surface area contributed by atoms with Gasteiger partial charge in [-0.1, -0.05) is 58.5 Å². The zero-order chi connectivity index (χ0) is 23.0. The highest BCUT2D eigenvalue weighted by molar-refractivity contribution is 6.55. The van der Waals surface area contributed by atoms with Crippen molar-refractivity contribution >= 4 is 52.4 Å². The van der Waals surface area contributed by atoms with Gasteiger partial charge in [0.1, 0.15) is 16.8 Å². The minimum atomic E-state index is -4.66. The summed E-state index contributed by atoms with van der Waals surface area (Å²) in [6.07, 6.45) is -3.03. The number of hydrogen-bond donors (Lipinski definition) is 0. The molecule has 0 unspecified atom stereocenters. The molecule has 31 heavy (non-hydrogen) atoms. The van der Waals surface area contributed by atoms with Crippen molar-refractivity contribution in [3.05, 3.63) is 68.1 Å². The van der Waals surface area contributed by atoms with Gasteiger partial charge in [0, 0.05) is 18.6 Å². The third-order valence-electron chi connectivity index (χ3n) is 3.68. The summed E-state index contributed by atoms with van der Waals surface area (Å²) in [5.74, 6) is -0.516. The summed E-state index contributed by atoms with van der Waals surface area (Å²) in [5.41, 5.74) is -1.61. The summed E-state index contributed by atoms with van der Waals surface area (Å²) >= 11 is 23.2. The fourth-order valence-corrected chi connectivity index (χ4v) is 3.04. The number of ether oxygens (including phenoxy) is 3. The minimum Gasteiger partial charge on any atom is -0.490 e. The van der Waals surface area contributed by atoms with Gasteiger partial charge in [-0.25, -0.2) is 4.79 Å². The topological polar surface area (TPSA) is 44.8 Å². The van der Waals surface area contributed by atoms with Crippen LogP contribution in [0, 0.1) is 0 Å². The highest BCUT2D eigenvalue weighted by atomic mass is 35.5. The fraction of sp³-hybridized carbons (Fsp3) is 0.250. The van der Waals surface area contributed by atoms with Crippen molar-refractivity contribution in [1.82, 2.24) is 0 Å². The van der Waals surface area contributed by atoms with Crippen LogP contribution in [0.4, 0.5) is 13.2 Å². The number of rotatable bonds is 9. The lowest BCUT2D eigenvalue weighted by atomic mass is 10.1. The number of esters is 1. The van der Waals surface area contributed by atoms with Crippen LogP contribution in [0.3, 0.4) is 0 Å². The second-order valence-corrected chi connectivity index (χ2v) is 7.72. The number of carbonyl (C=O) groups is 1. The van der Waals surface area contributed by atoms with Gasteiger partial charge in [0.2, 0.25) is 0 Å². The smallest absolute Gasteiger partial charge is 0.417 e. The molecule has 2 aromatic carbocycles. The summed E-state index contributed by atoms with van der Waals surface area (Å²) in [6.45, 7) is 0.00342. The Morgan fingerprint density at radius 2 is 1.65 bits per heavy atom. The molecule has 0 bridgehead atoms. The van der Waals surface area contributed by atoms with Crippen LogP contribution in [0.25, 0.3) is 0 Å². The summed E-state index contributed by atoms with van der Waals surface area (Å²) in [4.78, 5) is 12.0. The van der Waals surface area contributed by atoms with Gasteiger partial charge in [0.25, 0.3) is 0 Å². The van der Waals surface area contributed by atoms with E-state index in [1.54, 1.807) is 0 Å². The summed E-state index contributed by atoms with van der Waals surface area (Å²) in [6, 6.07) is 7.35. The lowest BCUT2D eigenvalue weighted by molar-refractivity contribution is -0.138. The predicted octanol–water partition coefficient (Wildman–Crippen LogP) is 7.34. The molecule has 0 heterocycles. The largest absolute Gasteiger partial charge is 0.490 e. The van der Waals surface area contributed by atoms with E-state index >= 15 is 0 Å². The van der Waals surface area contributed by atoms with Gasteiger partial charge in [0.15, 0.2) is 5.75 Å². The molecule has 0 radical (unpaired) electrons. The van der Waals surface area contributed by atoms with Crippen LogP contribution < -0.4 is 9.47 Å². The molecule has 2 aromatic rings. The van der Waals surface area contributed by atoms with Crippen molar-refractivity contribution in [2.75, 3.05) is 19.8 Å². The van der Waals surface area contributed by atoms with Gasteiger partial charge in [-0.15, -0.1) is 0 Å². The molecule has 0 aliphatic heterocycles. The highest BCUT2D eigenvalue weighted by Crippen LogP contribution is 2.37. The average molecular weight is 518 g/mol. The van der Waals surface area contributed by atoms with Crippen LogP contribution in [0.2, 0.25) is 10.0 Å². The zero-order valence-corrected chi connectivity index (χ0v) is 18.7. The van der Waals surface area contributed by atoms with Crippen molar-refractivity contribution in [2.45, 2.75) is 12.6 Å². The summed E-state index contributed by atoms with van der Waals surface area (Å²) < 4.78 is 54.7. The number of alkyl halides is 3. The van der Waals surface area contributed by atoms with Crippen LogP contribution >= 0.6 is 46.4 Å². The first-order chi connectivity index (χ1) is 14.6. The normalized spacial score (nSPS) is 11.1. The Morgan fingerprint density at radius 3 is 2.26 bits per heavy atom. The molecule has 0 N–H and O–H groups in total. The Balaban J connectivity index is 1.86. The first kappa shape index (κ1) is 25.5. The zero-order valence-electron chi connectivity index (χ0n) is 15.6. The minimum absolute atomic E-state index is 0.0540. The third-order valence-corrected chi connectivity index (χ3v) is 4.55. The van der Waals surface area contributed by atoms with E-state index in [9.17, 15) is 18.0 Å². The van der Waals surface area contributed by atoms with E-state index in [4.69, 9.17) is 60.6 Å². The molecular formula is C20H15Cl4F3O4. The van der Waals surface area contributed by atoms with E-state index in [1.165, 1.54) is 30.3 Å². The molecule has 0 aliphatic carbocycles. The van der Waals surface area contributed by atoms with Crippen LogP contribution in [0.1, 0.15) is 22.3 Å².